The van der Waals surface area contributed by atoms with E-state index in [0.29, 0.717) is 34.5 Å². The van der Waals surface area contributed by atoms with Crippen LogP contribution in [-0.2, 0) is 14.2 Å². The van der Waals surface area contributed by atoms with E-state index >= 15 is 0 Å². The van der Waals surface area contributed by atoms with Gasteiger partial charge >= 0.3 is 6.09 Å². The molecule has 2 N–H and O–H groups in total. The van der Waals surface area contributed by atoms with Crippen LogP contribution < -0.4 is 15.4 Å². The molecule has 0 aliphatic carbocycles. The van der Waals surface area contributed by atoms with E-state index in [-0.39, 0.29) is 34.6 Å². The summed E-state index contributed by atoms with van der Waals surface area (Å²) in [5.74, 6) is 2.61. The standard InChI is InChI=1S/C29H33N5O6S/c1-8-16-14-34(24-20(16)23(31-15-32-24)33-27(36)40-28(2,3)4)26-22-21(38-29(5,6)39-22)19(41-26)13-30-25(35)17-9-11-18(37-7)12-10-17/h1,9-12,14-15,19,21-22,26H,13H2,2-7H3,(H,30,35)(H,31,32,33,36)/t19-,21-,22-,26-/m1/s1. The fraction of sp³-hybridized carbons (Fsp3) is 0.448. The fourth-order valence-electron chi connectivity index (χ4n) is 4.97. The lowest BCUT2D eigenvalue weighted by molar-refractivity contribution is -0.148. The second-order valence-corrected chi connectivity index (χ2v) is 12.6. The van der Waals surface area contributed by atoms with Crippen LogP contribution in [0.4, 0.5) is 10.6 Å². The molecule has 0 unspecified atom stereocenters. The first kappa shape index (κ1) is 28.7. The van der Waals surface area contributed by atoms with Crippen LogP contribution in [-0.4, -0.2) is 69.0 Å². The summed E-state index contributed by atoms with van der Waals surface area (Å²) in [7, 11) is 1.58. The number of thioether (sulfide) groups is 1. The Bertz CT molecular complexity index is 1510. The summed E-state index contributed by atoms with van der Waals surface area (Å²) >= 11 is 1.60. The van der Waals surface area contributed by atoms with Crippen LogP contribution in [0.3, 0.4) is 0 Å². The monoisotopic (exact) mass is 579 g/mol. The number of aromatic nitrogens is 3. The van der Waals surface area contributed by atoms with E-state index in [2.05, 4.69) is 26.5 Å². The van der Waals surface area contributed by atoms with Gasteiger partial charge in [0.1, 0.15) is 46.7 Å². The first-order valence-electron chi connectivity index (χ1n) is 13.1. The van der Waals surface area contributed by atoms with Crippen LogP contribution in [0.2, 0.25) is 0 Å². The first-order chi connectivity index (χ1) is 19.4. The minimum absolute atomic E-state index is 0.123. The van der Waals surface area contributed by atoms with Crippen LogP contribution in [0.15, 0.2) is 36.8 Å². The van der Waals surface area contributed by atoms with Gasteiger partial charge in [0.2, 0.25) is 0 Å². The summed E-state index contributed by atoms with van der Waals surface area (Å²) in [4.78, 5) is 34.2. The minimum atomic E-state index is -0.816. The van der Waals surface area contributed by atoms with Gasteiger partial charge < -0.3 is 28.8 Å². The van der Waals surface area contributed by atoms with Gasteiger partial charge in [-0.3, -0.25) is 10.1 Å². The maximum absolute atomic E-state index is 12.9. The summed E-state index contributed by atoms with van der Waals surface area (Å²) in [5, 5.41) is 5.85. The lowest BCUT2D eigenvalue weighted by atomic mass is 10.1. The number of carbonyl (C=O) groups excluding carboxylic acids is 2. The number of hydrogen-bond donors (Lipinski definition) is 2. The van der Waals surface area contributed by atoms with E-state index in [0.717, 1.165) is 0 Å². The number of amides is 2. The highest BCUT2D eigenvalue weighted by Crippen LogP contribution is 2.52. The van der Waals surface area contributed by atoms with Crippen molar-refractivity contribution in [1.82, 2.24) is 19.9 Å². The van der Waals surface area contributed by atoms with E-state index in [1.807, 2.05) is 18.4 Å². The van der Waals surface area contributed by atoms with E-state index in [9.17, 15) is 9.59 Å². The number of benzene rings is 1. The Morgan fingerprint density at radius 2 is 1.88 bits per heavy atom. The highest BCUT2D eigenvalue weighted by molar-refractivity contribution is 8.00. The number of nitrogens with one attached hydrogen (secondary N) is 2. The van der Waals surface area contributed by atoms with E-state index in [1.165, 1.54) is 6.33 Å². The van der Waals surface area contributed by atoms with Crippen molar-refractivity contribution in [1.29, 1.82) is 0 Å². The van der Waals surface area contributed by atoms with Crippen molar-refractivity contribution in [2.75, 3.05) is 19.0 Å². The summed E-state index contributed by atoms with van der Waals surface area (Å²) < 4.78 is 25.2. The zero-order chi connectivity index (χ0) is 29.5. The average Bonchev–Trinajstić information content (AvgIpc) is 3.54. The molecule has 4 heterocycles. The Morgan fingerprint density at radius 1 is 1.17 bits per heavy atom. The highest BCUT2D eigenvalue weighted by Gasteiger charge is 2.55. The summed E-state index contributed by atoms with van der Waals surface area (Å²) in [6, 6.07) is 6.93. The molecule has 2 saturated heterocycles. The lowest BCUT2D eigenvalue weighted by Crippen LogP contribution is -2.38. The molecule has 2 aliphatic rings. The number of fused-ring (bicyclic) bond motifs is 2. The van der Waals surface area contributed by atoms with Gasteiger partial charge in [0.15, 0.2) is 5.79 Å². The van der Waals surface area contributed by atoms with Gasteiger partial charge in [0.25, 0.3) is 5.91 Å². The molecule has 2 aliphatic heterocycles. The molecule has 0 spiro atoms. The second-order valence-electron chi connectivity index (χ2n) is 11.2. The molecule has 1 aromatic carbocycles. The molecule has 0 radical (unpaired) electrons. The molecule has 5 rings (SSSR count). The third-order valence-electron chi connectivity index (χ3n) is 6.60. The average molecular weight is 580 g/mol. The van der Waals surface area contributed by atoms with Crippen molar-refractivity contribution in [2.24, 2.45) is 0 Å². The summed E-state index contributed by atoms with van der Waals surface area (Å²) in [5.41, 5.74) is 0.893. The molecular weight excluding hydrogens is 546 g/mol. The molecule has 216 valence electrons. The maximum atomic E-state index is 12.9. The largest absolute Gasteiger partial charge is 0.497 e. The van der Waals surface area contributed by atoms with Gasteiger partial charge in [0, 0.05) is 18.3 Å². The van der Waals surface area contributed by atoms with Crippen molar-refractivity contribution in [2.45, 2.75) is 68.8 Å². The number of carbonyl (C=O) groups is 2. The van der Waals surface area contributed by atoms with E-state index in [4.69, 9.17) is 25.4 Å². The molecule has 2 amide bonds. The van der Waals surface area contributed by atoms with Crippen molar-refractivity contribution in [3.05, 3.63) is 47.9 Å². The van der Waals surface area contributed by atoms with Crippen molar-refractivity contribution in [3.8, 4) is 18.1 Å². The maximum Gasteiger partial charge on any atom is 0.413 e. The molecule has 11 nitrogen and oxygen atoms in total. The number of ether oxygens (including phenoxy) is 4. The third kappa shape index (κ3) is 5.98. The van der Waals surface area contributed by atoms with Gasteiger partial charge in [-0.05, 0) is 58.9 Å². The number of terminal acetylenes is 1. The molecule has 0 saturated carbocycles. The van der Waals surface area contributed by atoms with Crippen LogP contribution in [0, 0.1) is 12.3 Å². The van der Waals surface area contributed by atoms with Crippen LogP contribution in [0.5, 0.6) is 5.75 Å². The van der Waals surface area contributed by atoms with Crippen LogP contribution in [0.1, 0.15) is 55.9 Å². The van der Waals surface area contributed by atoms with Crippen LogP contribution >= 0.6 is 11.8 Å². The Hall–Kier alpha value is -3.79. The Labute approximate surface area is 242 Å². The normalized spacial score (nSPS) is 23.0. The van der Waals surface area contributed by atoms with Crippen molar-refractivity contribution < 1.29 is 28.5 Å². The molecule has 12 heteroatoms. The molecule has 2 aromatic heterocycles. The predicted octanol–water partition coefficient (Wildman–Crippen LogP) is 4.33. The number of anilines is 1. The van der Waals surface area contributed by atoms with Gasteiger partial charge in [-0.1, -0.05) is 5.92 Å². The van der Waals surface area contributed by atoms with Gasteiger partial charge in [0.05, 0.1) is 23.3 Å². The highest BCUT2D eigenvalue weighted by atomic mass is 32.2. The number of hydrogen-bond acceptors (Lipinski definition) is 9. The zero-order valence-electron chi connectivity index (χ0n) is 23.8. The first-order valence-corrected chi connectivity index (χ1v) is 14.1. The topological polar surface area (TPSA) is 126 Å². The van der Waals surface area contributed by atoms with Crippen LogP contribution in [0.25, 0.3) is 11.0 Å². The summed E-state index contributed by atoms with van der Waals surface area (Å²) in [6.07, 6.45) is 7.75. The predicted molar refractivity (Wildman–Crippen MR) is 155 cm³/mol. The van der Waals surface area contributed by atoms with Crippen molar-refractivity contribution >= 4 is 40.6 Å². The smallest absolute Gasteiger partial charge is 0.413 e. The summed E-state index contributed by atoms with van der Waals surface area (Å²) in [6.45, 7) is 9.42. The quantitative estimate of drug-likeness (QED) is 0.410. The fourth-order valence-corrected chi connectivity index (χ4v) is 6.53. The Kier molecular flexibility index (Phi) is 7.63. The van der Waals surface area contributed by atoms with E-state index < -0.39 is 17.5 Å². The van der Waals surface area contributed by atoms with Gasteiger partial charge in [-0.15, -0.1) is 18.2 Å². The van der Waals surface area contributed by atoms with Gasteiger partial charge in [-0.2, -0.15) is 0 Å². The lowest BCUT2D eigenvalue weighted by Gasteiger charge is -2.24. The molecule has 4 atom stereocenters. The Morgan fingerprint density at radius 3 is 2.54 bits per heavy atom. The molecule has 0 bridgehead atoms. The van der Waals surface area contributed by atoms with Gasteiger partial charge in [-0.25, -0.2) is 14.8 Å². The minimum Gasteiger partial charge on any atom is -0.497 e. The molecular formula is C29H33N5O6S. The molecule has 41 heavy (non-hydrogen) atoms. The number of nitrogens with zero attached hydrogens (tertiary/aromatic N) is 3. The Balaban J connectivity index is 1.41. The van der Waals surface area contributed by atoms with E-state index in [1.54, 1.807) is 70.1 Å². The molecule has 3 aromatic rings. The SMILES string of the molecule is C#Cc1cn([C@@H]2S[C@H](CNC(=O)c3ccc(OC)cc3)[C@H]3OC(C)(C)O[C@H]32)c2ncnc(NC(=O)OC(C)(C)C)c12. The third-order valence-corrected chi connectivity index (χ3v) is 8.16. The molecule has 2 fully saturated rings. The number of rotatable bonds is 6. The zero-order valence-corrected chi connectivity index (χ0v) is 24.6. The number of methoxy groups -OCH3 is 1. The van der Waals surface area contributed by atoms with Crippen molar-refractivity contribution in [3.63, 3.8) is 0 Å². The second kappa shape index (κ2) is 10.9.